The molecule has 0 aliphatic heterocycles. The summed E-state index contributed by atoms with van der Waals surface area (Å²) in [5.74, 6) is -1.90. The molecule has 0 amide bonds. The van der Waals surface area contributed by atoms with Gasteiger partial charge in [0.25, 0.3) is 0 Å². The molecule has 2 N–H and O–H groups in total. The summed E-state index contributed by atoms with van der Waals surface area (Å²) in [6.45, 7) is 0. The van der Waals surface area contributed by atoms with Gasteiger partial charge in [0.05, 0.1) is 0 Å². The number of rotatable bonds is 4. The van der Waals surface area contributed by atoms with Crippen LogP contribution in [0.1, 0.15) is 19.3 Å². The van der Waals surface area contributed by atoms with E-state index in [0.717, 1.165) is 0 Å². The Morgan fingerprint density at radius 2 is 1.27 bits per heavy atom. The Hall–Kier alpha value is -0.147. The third kappa shape index (κ3) is 17.7. The monoisotopic (exact) mass is 232 g/mol. The summed E-state index contributed by atoms with van der Waals surface area (Å²) in [7, 11) is 0. The summed E-state index contributed by atoms with van der Waals surface area (Å²) >= 11 is 0. The molecule has 0 rings (SSSR count). The van der Waals surface area contributed by atoms with Crippen molar-refractivity contribution < 1.29 is 39.3 Å². The Bertz CT molecular complexity index is 114. The van der Waals surface area contributed by atoms with Crippen molar-refractivity contribution in [2.24, 2.45) is 0 Å². The summed E-state index contributed by atoms with van der Waals surface area (Å²) in [5, 5.41) is 16.1. The van der Waals surface area contributed by atoms with Gasteiger partial charge in [0.15, 0.2) is 0 Å². The molecule has 0 radical (unpaired) electrons. The van der Waals surface area contributed by atoms with Crippen molar-refractivity contribution in [3.63, 3.8) is 0 Å². The van der Waals surface area contributed by atoms with Gasteiger partial charge in [-0.2, -0.15) is 0 Å². The van der Waals surface area contributed by atoms with E-state index in [4.69, 9.17) is 10.2 Å². The predicted octanol–water partition coefficient (Wildman–Crippen LogP) is 0.745. The van der Waals surface area contributed by atoms with Crippen molar-refractivity contribution >= 4 is 24.3 Å². The number of carbonyl (C=O) groups is 2. The van der Waals surface area contributed by atoms with Crippen LogP contribution in [0.2, 0.25) is 0 Å². The first-order valence-electron chi connectivity index (χ1n) is 2.56. The van der Waals surface area contributed by atoms with Gasteiger partial charge in [-0.25, -0.2) is 0 Å². The first-order valence-corrected chi connectivity index (χ1v) is 2.56. The molecule has 0 heterocycles. The largest absolute Gasteiger partial charge is 0.481 e. The molecule has 0 unspecified atom stereocenters. The maximum atomic E-state index is 9.79. The minimum atomic E-state index is -0.948. The Morgan fingerprint density at radius 3 is 1.45 bits per heavy atom. The first-order chi connectivity index (χ1) is 4.13. The molecule has 0 aromatic heterocycles. The SMILES string of the molecule is Cl.O=C(O)CCCC(=O)O.[Zn]. The van der Waals surface area contributed by atoms with Gasteiger partial charge < -0.3 is 10.2 Å². The number of halogens is 1. The van der Waals surface area contributed by atoms with Crippen LogP contribution in [0.25, 0.3) is 0 Å². The number of hydrogen-bond acceptors (Lipinski definition) is 2. The fourth-order valence-electron chi connectivity index (χ4n) is 0.391. The second-order valence-corrected chi connectivity index (χ2v) is 1.64. The van der Waals surface area contributed by atoms with Gasteiger partial charge in [-0.1, -0.05) is 0 Å². The van der Waals surface area contributed by atoms with Crippen LogP contribution >= 0.6 is 12.4 Å². The van der Waals surface area contributed by atoms with Crippen molar-refractivity contribution in [3.8, 4) is 0 Å². The summed E-state index contributed by atoms with van der Waals surface area (Å²) < 4.78 is 0. The van der Waals surface area contributed by atoms with E-state index in [1.54, 1.807) is 0 Å². The summed E-state index contributed by atoms with van der Waals surface area (Å²) in [6.07, 6.45) is 0.0866. The summed E-state index contributed by atoms with van der Waals surface area (Å²) in [6, 6.07) is 0. The van der Waals surface area contributed by atoms with E-state index in [0.29, 0.717) is 0 Å². The molecule has 0 bridgehead atoms. The fraction of sp³-hybridized carbons (Fsp3) is 0.600. The second kappa shape index (κ2) is 9.85. The van der Waals surface area contributed by atoms with E-state index in [2.05, 4.69) is 0 Å². The Balaban J connectivity index is -0.000000320. The summed E-state index contributed by atoms with van der Waals surface area (Å²) in [4.78, 5) is 19.6. The van der Waals surface area contributed by atoms with Crippen LogP contribution in [0.4, 0.5) is 0 Å². The molecule has 0 saturated carbocycles. The molecule has 4 nitrogen and oxygen atoms in total. The van der Waals surface area contributed by atoms with E-state index < -0.39 is 11.9 Å². The first kappa shape index (κ1) is 17.1. The summed E-state index contributed by atoms with van der Waals surface area (Å²) in [5.41, 5.74) is 0. The van der Waals surface area contributed by atoms with E-state index >= 15 is 0 Å². The fourth-order valence-corrected chi connectivity index (χ4v) is 0.391. The van der Waals surface area contributed by atoms with Crippen LogP contribution in [0.15, 0.2) is 0 Å². The number of aliphatic carboxylic acids is 2. The van der Waals surface area contributed by atoms with Crippen LogP contribution in [-0.4, -0.2) is 22.2 Å². The van der Waals surface area contributed by atoms with Gasteiger partial charge in [-0.15, -0.1) is 12.4 Å². The van der Waals surface area contributed by atoms with E-state index in [-0.39, 0.29) is 51.1 Å². The van der Waals surface area contributed by atoms with Gasteiger partial charge in [0.2, 0.25) is 0 Å². The molecular weight excluding hydrogens is 225 g/mol. The van der Waals surface area contributed by atoms with Crippen molar-refractivity contribution in [2.75, 3.05) is 0 Å². The number of hydrogen-bond donors (Lipinski definition) is 2. The van der Waals surface area contributed by atoms with Crippen molar-refractivity contribution in [1.82, 2.24) is 0 Å². The molecule has 0 atom stereocenters. The molecule has 0 aromatic rings. The maximum Gasteiger partial charge on any atom is 0.303 e. The molecule has 0 saturated heterocycles. The normalized spacial score (nSPS) is 7.27. The average Bonchev–Trinajstić information content (AvgIpc) is 1.63. The van der Waals surface area contributed by atoms with Crippen LogP contribution in [0.5, 0.6) is 0 Å². The Labute approximate surface area is 83.1 Å². The van der Waals surface area contributed by atoms with Gasteiger partial charge >= 0.3 is 11.9 Å². The zero-order chi connectivity index (χ0) is 7.28. The van der Waals surface area contributed by atoms with Crippen molar-refractivity contribution in [2.45, 2.75) is 19.3 Å². The van der Waals surface area contributed by atoms with E-state index in [1.807, 2.05) is 0 Å². The molecule has 0 aromatic carbocycles. The zero-order valence-electron chi connectivity index (χ0n) is 5.95. The van der Waals surface area contributed by atoms with E-state index in [1.165, 1.54) is 0 Å². The predicted molar refractivity (Wildman–Crippen MR) is 36.4 cm³/mol. The van der Waals surface area contributed by atoms with Crippen LogP contribution < -0.4 is 0 Å². The second-order valence-electron chi connectivity index (χ2n) is 1.64. The van der Waals surface area contributed by atoms with Crippen LogP contribution in [0, 0.1) is 0 Å². The Kier molecular flexibility index (Phi) is 15.3. The standard InChI is InChI=1S/C5H8O4.ClH.Zn/c6-4(7)2-1-3-5(8)9;;/h1-3H2,(H,6,7)(H,8,9);1H;. The van der Waals surface area contributed by atoms with Crippen LogP contribution in [-0.2, 0) is 29.1 Å². The van der Waals surface area contributed by atoms with Gasteiger partial charge in [-0.3, -0.25) is 9.59 Å². The van der Waals surface area contributed by atoms with Gasteiger partial charge in [-0.05, 0) is 6.42 Å². The number of carboxylic acid groups (broad SMARTS) is 2. The van der Waals surface area contributed by atoms with Gasteiger partial charge in [0.1, 0.15) is 0 Å². The quantitative estimate of drug-likeness (QED) is 0.703. The third-order valence-corrected chi connectivity index (χ3v) is 0.781. The molecule has 0 fully saturated rings. The smallest absolute Gasteiger partial charge is 0.303 e. The van der Waals surface area contributed by atoms with Gasteiger partial charge in [0, 0.05) is 32.3 Å². The molecule has 0 aliphatic carbocycles. The molecule has 6 heteroatoms. The third-order valence-electron chi connectivity index (χ3n) is 0.781. The topological polar surface area (TPSA) is 74.6 Å². The molecular formula is C5H9ClO4Zn. The van der Waals surface area contributed by atoms with Crippen LogP contribution in [0.3, 0.4) is 0 Å². The maximum absolute atomic E-state index is 9.79. The van der Waals surface area contributed by atoms with Crippen molar-refractivity contribution in [1.29, 1.82) is 0 Å². The molecule has 0 spiro atoms. The zero-order valence-corrected chi connectivity index (χ0v) is 9.73. The molecule has 62 valence electrons. The van der Waals surface area contributed by atoms with Crippen molar-refractivity contribution in [3.05, 3.63) is 0 Å². The molecule has 11 heavy (non-hydrogen) atoms. The minimum absolute atomic E-state index is 0. The minimum Gasteiger partial charge on any atom is -0.481 e. The van der Waals surface area contributed by atoms with E-state index in [9.17, 15) is 9.59 Å². The number of carboxylic acids is 2. The average molecular weight is 234 g/mol. The molecule has 0 aliphatic rings. The Morgan fingerprint density at radius 1 is 1.00 bits per heavy atom.